The molecule has 0 saturated heterocycles. The Bertz CT molecular complexity index is 850. The number of guanidine groups is 1. The first-order chi connectivity index (χ1) is 13.3. The van der Waals surface area contributed by atoms with Gasteiger partial charge in [-0.05, 0) is 24.1 Å². The molecule has 1 aromatic carbocycles. The van der Waals surface area contributed by atoms with Crippen molar-refractivity contribution in [1.82, 2.24) is 20.2 Å². The minimum absolute atomic E-state index is 0.788. The fourth-order valence-electron chi connectivity index (χ4n) is 2.88. The molecule has 0 aliphatic carbocycles. The van der Waals surface area contributed by atoms with Crippen LogP contribution < -0.4 is 10.6 Å². The van der Waals surface area contributed by atoms with E-state index in [1.165, 1.54) is 15.3 Å². The Hall–Kier alpha value is -2.60. The highest BCUT2D eigenvalue weighted by molar-refractivity contribution is 7.11. The van der Waals surface area contributed by atoms with E-state index >= 15 is 0 Å². The topological polar surface area (TPSA) is 54.2 Å². The zero-order valence-corrected chi connectivity index (χ0v) is 16.8. The molecular formula is C21H27N5S. The lowest BCUT2D eigenvalue weighted by molar-refractivity contribution is 0.694. The van der Waals surface area contributed by atoms with Crippen LogP contribution >= 0.6 is 11.3 Å². The van der Waals surface area contributed by atoms with Gasteiger partial charge in [-0.2, -0.15) is 0 Å². The monoisotopic (exact) mass is 381 g/mol. The summed E-state index contributed by atoms with van der Waals surface area (Å²) in [6.07, 6.45) is 5.84. The molecule has 0 bridgehead atoms. The van der Waals surface area contributed by atoms with Gasteiger partial charge in [0.25, 0.3) is 0 Å². The molecule has 3 rings (SSSR count). The minimum Gasteiger partial charge on any atom is -0.356 e. The third-order valence-electron chi connectivity index (χ3n) is 4.36. The van der Waals surface area contributed by atoms with Gasteiger partial charge in [-0.25, -0.2) is 4.98 Å². The second-order valence-electron chi connectivity index (χ2n) is 6.28. The largest absolute Gasteiger partial charge is 0.356 e. The van der Waals surface area contributed by atoms with E-state index in [1.807, 2.05) is 29.8 Å². The van der Waals surface area contributed by atoms with E-state index in [2.05, 4.69) is 68.5 Å². The van der Waals surface area contributed by atoms with E-state index in [0.717, 1.165) is 44.3 Å². The quantitative estimate of drug-likeness (QED) is 0.464. The molecule has 0 amide bonds. The van der Waals surface area contributed by atoms with E-state index in [-0.39, 0.29) is 0 Å². The lowest BCUT2D eigenvalue weighted by Gasteiger charge is -2.12. The number of hydrogen-bond donors (Lipinski definition) is 2. The molecule has 2 heterocycles. The van der Waals surface area contributed by atoms with Crippen LogP contribution in [-0.2, 0) is 25.9 Å². The van der Waals surface area contributed by atoms with Crippen molar-refractivity contribution in [3.63, 3.8) is 0 Å². The molecule has 6 heteroatoms. The number of aliphatic imine (C=N–C) groups is 1. The zero-order valence-electron chi connectivity index (χ0n) is 16.0. The van der Waals surface area contributed by atoms with Crippen LogP contribution in [0.3, 0.4) is 0 Å². The molecule has 0 fully saturated rings. The van der Waals surface area contributed by atoms with Gasteiger partial charge in [0.05, 0.1) is 6.54 Å². The molecule has 0 aliphatic rings. The van der Waals surface area contributed by atoms with Gasteiger partial charge in [-0.15, -0.1) is 11.3 Å². The number of aryl methyl sites for hydroxylation is 1. The van der Waals surface area contributed by atoms with Crippen LogP contribution in [0.25, 0.3) is 0 Å². The maximum absolute atomic E-state index is 4.51. The highest BCUT2D eigenvalue weighted by atomic mass is 32.1. The second kappa shape index (κ2) is 9.92. The number of nitrogens with one attached hydrogen (secondary N) is 2. The van der Waals surface area contributed by atoms with Crippen LogP contribution in [0.5, 0.6) is 0 Å². The van der Waals surface area contributed by atoms with E-state index in [4.69, 9.17) is 0 Å². The molecule has 2 N–H and O–H groups in total. The third kappa shape index (κ3) is 5.69. The van der Waals surface area contributed by atoms with Gasteiger partial charge in [0.2, 0.25) is 0 Å². The van der Waals surface area contributed by atoms with Crippen LogP contribution in [0.4, 0.5) is 0 Å². The van der Waals surface area contributed by atoms with Gasteiger partial charge in [0.15, 0.2) is 5.96 Å². The van der Waals surface area contributed by atoms with Crippen molar-refractivity contribution < 1.29 is 0 Å². The molecular weight excluding hydrogens is 354 g/mol. The lowest BCUT2D eigenvalue weighted by atomic mass is 10.2. The molecule has 142 valence electrons. The SMILES string of the molecule is CCc1ccc(CNC(=NC)NCCc2nccn2Cc2ccccc2)s1. The van der Waals surface area contributed by atoms with Crippen molar-refractivity contribution in [2.24, 2.45) is 4.99 Å². The summed E-state index contributed by atoms with van der Waals surface area (Å²) in [5, 5.41) is 6.76. The second-order valence-corrected chi connectivity index (χ2v) is 7.53. The first-order valence-corrected chi connectivity index (χ1v) is 10.2. The Morgan fingerprint density at radius 3 is 2.67 bits per heavy atom. The van der Waals surface area contributed by atoms with Gasteiger partial charge in [0, 0.05) is 48.7 Å². The molecule has 27 heavy (non-hydrogen) atoms. The number of benzene rings is 1. The Kier molecular flexibility index (Phi) is 7.04. The fourth-order valence-corrected chi connectivity index (χ4v) is 3.78. The van der Waals surface area contributed by atoms with Crippen LogP contribution in [0.2, 0.25) is 0 Å². The van der Waals surface area contributed by atoms with Crippen molar-refractivity contribution in [3.05, 3.63) is 76.0 Å². The van der Waals surface area contributed by atoms with E-state index in [1.54, 1.807) is 7.05 Å². The van der Waals surface area contributed by atoms with Crippen LogP contribution in [0, 0.1) is 0 Å². The number of rotatable bonds is 8. The van der Waals surface area contributed by atoms with E-state index < -0.39 is 0 Å². The smallest absolute Gasteiger partial charge is 0.191 e. The van der Waals surface area contributed by atoms with E-state index in [9.17, 15) is 0 Å². The summed E-state index contributed by atoms with van der Waals surface area (Å²) in [5.74, 6) is 1.90. The van der Waals surface area contributed by atoms with Gasteiger partial charge >= 0.3 is 0 Å². The number of hydrogen-bond acceptors (Lipinski definition) is 3. The van der Waals surface area contributed by atoms with Crippen molar-refractivity contribution in [2.75, 3.05) is 13.6 Å². The predicted octanol–water partition coefficient (Wildman–Crippen LogP) is 3.46. The zero-order chi connectivity index (χ0) is 18.9. The molecule has 0 atom stereocenters. The highest BCUT2D eigenvalue weighted by Gasteiger charge is 2.05. The Morgan fingerprint density at radius 2 is 1.93 bits per heavy atom. The van der Waals surface area contributed by atoms with Crippen molar-refractivity contribution in [1.29, 1.82) is 0 Å². The maximum Gasteiger partial charge on any atom is 0.191 e. The summed E-state index contributed by atoms with van der Waals surface area (Å²) in [6, 6.07) is 14.8. The molecule has 5 nitrogen and oxygen atoms in total. The molecule has 0 aliphatic heterocycles. The predicted molar refractivity (Wildman–Crippen MR) is 113 cm³/mol. The molecule has 0 unspecified atom stereocenters. The third-order valence-corrected chi connectivity index (χ3v) is 5.59. The summed E-state index contributed by atoms with van der Waals surface area (Å²) in [6.45, 7) is 4.62. The van der Waals surface area contributed by atoms with E-state index in [0.29, 0.717) is 0 Å². The van der Waals surface area contributed by atoms with Crippen molar-refractivity contribution in [2.45, 2.75) is 32.9 Å². The minimum atomic E-state index is 0.788. The Balaban J connectivity index is 1.46. The Labute approximate surface area is 165 Å². The molecule has 2 aromatic heterocycles. The highest BCUT2D eigenvalue weighted by Crippen LogP contribution is 2.16. The van der Waals surface area contributed by atoms with Gasteiger partial charge in [-0.3, -0.25) is 4.99 Å². The standard InChI is InChI=1S/C21H27N5S/c1-3-18-9-10-19(27-18)15-25-21(22-2)24-12-11-20-23-13-14-26(20)16-17-7-5-4-6-8-17/h4-10,13-14H,3,11-12,15-16H2,1-2H3,(H2,22,24,25). The van der Waals surface area contributed by atoms with Gasteiger partial charge < -0.3 is 15.2 Å². The first kappa shape index (κ1) is 19.2. The van der Waals surface area contributed by atoms with Crippen LogP contribution in [0.1, 0.15) is 28.1 Å². The normalized spacial score (nSPS) is 11.6. The maximum atomic E-state index is 4.51. The summed E-state index contributed by atoms with van der Waals surface area (Å²) >= 11 is 1.85. The van der Waals surface area contributed by atoms with Crippen molar-refractivity contribution >= 4 is 17.3 Å². The summed E-state index contributed by atoms with van der Waals surface area (Å²) in [7, 11) is 1.80. The summed E-state index contributed by atoms with van der Waals surface area (Å²) in [4.78, 5) is 11.6. The fraction of sp³-hybridized carbons (Fsp3) is 0.333. The Morgan fingerprint density at radius 1 is 1.11 bits per heavy atom. The molecule has 3 aromatic rings. The first-order valence-electron chi connectivity index (χ1n) is 9.34. The number of nitrogens with zero attached hydrogens (tertiary/aromatic N) is 3. The molecule has 0 spiro atoms. The van der Waals surface area contributed by atoms with Crippen LogP contribution in [-0.4, -0.2) is 29.1 Å². The average Bonchev–Trinajstić information content (AvgIpc) is 3.34. The number of thiophene rings is 1. The van der Waals surface area contributed by atoms with Gasteiger partial charge in [-0.1, -0.05) is 37.3 Å². The number of aromatic nitrogens is 2. The van der Waals surface area contributed by atoms with Crippen molar-refractivity contribution in [3.8, 4) is 0 Å². The van der Waals surface area contributed by atoms with Gasteiger partial charge in [0.1, 0.15) is 5.82 Å². The lowest BCUT2D eigenvalue weighted by Crippen LogP contribution is -2.37. The molecule has 0 radical (unpaired) electrons. The molecule has 0 saturated carbocycles. The van der Waals surface area contributed by atoms with Crippen LogP contribution in [0.15, 0.2) is 59.9 Å². The summed E-state index contributed by atoms with van der Waals surface area (Å²) < 4.78 is 2.20. The summed E-state index contributed by atoms with van der Waals surface area (Å²) in [5.41, 5.74) is 1.28. The average molecular weight is 382 g/mol. The number of imidazole rings is 1.